The minimum atomic E-state index is -0.626. The van der Waals surface area contributed by atoms with Gasteiger partial charge in [-0.05, 0) is 38.2 Å². The van der Waals surface area contributed by atoms with Crippen molar-refractivity contribution in [1.29, 1.82) is 0 Å². The summed E-state index contributed by atoms with van der Waals surface area (Å²) < 4.78 is 0. The van der Waals surface area contributed by atoms with Gasteiger partial charge >= 0.3 is 0 Å². The quantitative estimate of drug-likeness (QED) is 0.540. The van der Waals surface area contributed by atoms with Crippen LogP contribution in [0.15, 0.2) is 11.1 Å². The Morgan fingerprint density at radius 1 is 1.33 bits per heavy atom. The molecule has 0 bridgehead atoms. The van der Waals surface area contributed by atoms with E-state index < -0.39 is 12.2 Å². The van der Waals surface area contributed by atoms with Crippen LogP contribution in [0, 0.1) is 5.92 Å². The van der Waals surface area contributed by atoms with Crippen molar-refractivity contribution >= 4 is 0 Å². The predicted octanol–water partition coefficient (Wildman–Crippen LogP) is 1.47. The summed E-state index contributed by atoms with van der Waals surface area (Å²) in [6.45, 7) is 5.96. The SMILES string of the molecule is CC(C)=C1CCC(C)C(O)C1O. The maximum atomic E-state index is 9.67. The molecule has 2 nitrogen and oxygen atoms in total. The van der Waals surface area contributed by atoms with Gasteiger partial charge in [-0.3, -0.25) is 0 Å². The van der Waals surface area contributed by atoms with Gasteiger partial charge in [0.15, 0.2) is 0 Å². The Hall–Kier alpha value is -0.340. The van der Waals surface area contributed by atoms with Gasteiger partial charge in [0.05, 0.1) is 6.10 Å². The molecule has 0 heterocycles. The van der Waals surface area contributed by atoms with Crippen molar-refractivity contribution < 1.29 is 10.2 Å². The highest BCUT2D eigenvalue weighted by Gasteiger charge is 2.31. The molecule has 2 N–H and O–H groups in total. The van der Waals surface area contributed by atoms with Gasteiger partial charge < -0.3 is 10.2 Å². The summed E-state index contributed by atoms with van der Waals surface area (Å²) in [6, 6.07) is 0. The summed E-state index contributed by atoms with van der Waals surface area (Å²) in [6.07, 6.45) is 0.725. The molecule has 0 spiro atoms. The molecule has 0 aromatic carbocycles. The fraction of sp³-hybridized carbons (Fsp3) is 0.800. The van der Waals surface area contributed by atoms with Gasteiger partial charge in [0, 0.05) is 0 Å². The summed E-state index contributed by atoms with van der Waals surface area (Å²) in [5, 5.41) is 19.3. The summed E-state index contributed by atoms with van der Waals surface area (Å²) in [5.74, 6) is 0.225. The molecule has 1 aliphatic rings. The molecule has 0 amide bonds. The maximum absolute atomic E-state index is 9.67. The van der Waals surface area contributed by atoms with Gasteiger partial charge in [-0.1, -0.05) is 12.5 Å². The van der Waals surface area contributed by atoms with Gasteiger partial charge in [-0.2, -0.15) is 0 Å². The summed E-state index contributed by atoms with van der Waals surface area (Å²) >= 11 is 0. The highest BCUT2D eigenvalue weighted by molar-refractivity contribution is 5.19. The van der Waals surface area contributed by atoms with Gasteiger partial charge in [0.2, 0.25) is 0 Å². The number of aliphatic hydroxyl groups is 2. The van der Waals surface area contributed by atoms with E-state index in [1.54, 1.807) is 0 Å². The molecule has 0 aromatic heterocycles. The van der Waals surface area contributed by atoms with Crippen molar-refractivity contribution in [2.75, 3.05) is 0 Å². The first-order valence-electron chi connectivity index (χ1n) is 4.56. The number of allylic oxidation sites excluding steroid dienone is 1. The lowest BCUT2D eigenvalue weighted by Crippen LogP contribution is -2.38. The first-order valence-corrected chi connectivity index (χ1v) is 4.56. The van der Waals surface area contributed by atoms with E-state index >= 15 is 0 Å². The molecule has 0 aromatic rings. The smallest absolute Gasteiger partial charge is 0.101 e. The molecular weight excluding hydrogens is 152 g/mol. The van der Waals surface area contributed by atoms with E-state index in [0.29, 0.717) is 0 Å². The molecule has 0 aliphatic heterocycles. The summed E-state index contributed by atoms with van der Waals surface area (Å²) in [4.78, 5) is 0. The van der Waals surface area contributed by atoms with Gasteiger partial charge in [-0.25, -0.2) is 0 Å². The van der Waals surface area contributed by atoms with Crippen LogP contribution in [0.5, 0.6) is 0 Å². The highest BCUT2D eigenvalue weighted by Crippen LogP contribution is 2.30. The Morgan fingerprint density at radius 3 is 2.42 bits per heavy atom. The van der Waals surface area contributed by atoms with Crippen molar-refractivity contribution in [3.63, 3.8) is 0 Å². The van der Waals surface area contributed by atoms with Crippen molar-refractivity contribution in [1.82, 2.24) is 0 Å². The number of hydrogen-bond donors (Lipinski definition) is 2. The molecule has 3 unspecified atom stereocenters. The van der Waals surface area contributed by atoms with Crippen LogP contribution in [0.3, 0.4) is 0 Å². The maximum Gasteiger partial charge on any atom is 0.101 e. The molecule has 12 heavy (non-hydrogen) atoms. The Morgan fingerprint density at radius 2 is 1.92 bits per heavy atom. The monoisotopic (exact) mass is 170 g/mol. The van der Waals surface area contributed by atoms with Crippen LogP contribution in [0.2, 0.25) is 0 Å². The molecule has 0 saturated heterocycles. The summed E-state index contributed by atoms with van der Waals surface area (Å²) in [5.41, 5.74) is 2.18. The molecule has 1 saturated carbocycles. The summed E-state index contributed by atoms with van der Waals surface area (Å²) in [7, 11) is 0. The fourth-order valence-corrected chi connectivity index (χ4v) is 1.76. The Labute approximate surface area is 73.9 Å². The second-order valence-electron chi connectivity index (χ2n) is 3.98. The van der Waals surface area contributed by atoms with Crippen LogP contribution in [0.25, 0.3) is 0 Å². The van der Waals surface area contributed by atoms with Gasteiger partial charge in [0.1, 0.15) is 6.10 Å². The number of aliphatic hydroxyl groups excluding tert-OH is 2. The predicted molar refractivity (Wildman–Crippen MR) is 48.8 cm³/mol. The van der Waals surface area contributed by atoms with Crippen molar-refractivity contribution in [2.45, 2.75) is 45.8 Å². The van der Waals surface area contributed by atoms with Crippen LogP contribution < -0.4 is 0 Å². The van der Waals surface area contributed by atoms with E-state index in [2.05, 4.69) is 0 Å². The average Bonchev–Trinajstić information content (AvgIpc) is 2.00. The zero-order chi connectivity index (χ0) is 9.30. The molecule has 70 valence electrons. The third-order valence-electron chi connectivity index (χ3n) is 2.77. The average molecular weight is 170 g/mol. The largest absolute Gasteiger partial charge is 0.390 e. The van der Waals surface area contributed by atoms with Crippen LogP contribution in [0.4, 0.5) is 0 Å². The number of rotatable bonds is 0. The van der Waals surface area contributed by atoms with Crippen molar-refractivity contribution in [3.05, 3.63) is 11.1 Å². The van der Waals surface area contributed by atoms with Crippen molar-refractivity contribution in [3.8, 4) is 0 Å². The molecule has 1 aliphatic carbocycles. The van der Waals surface area contributed by atoms with E-state index in [9.17, 15) is 10.2 Å². The first-order chi connectivity index (χ1) is 5.54. The van der Waals surface area contributed by atoms with Crippen LogP contribution in [-0.4, -0.2) is 22.4 Å². The third kappa shape index (κ3) is 1.70. The van der Waals surface area contributed by atoms with Gasteiger partial charge in [0.25, 0.3) is 0 Å². The first kappa shape index (κ1) is 9.75. The minimum Gasteiger partial charge on any atom is -0.390 e. The second-order valence-corrected chi connectivity index (χ2v) is 3.98. The zero-order valence-electron chi connectivity index (χ0n) is 8.04. The molecule has 0 radical (unpaired) electrons. The molecule has 3 atom stereocenters. The van der Waals surface area contributed by atoms with E-state index in [0.717, 1.165) is 24.0 Å². The number of hydrogen-bond acceptors (Lipinski definition) is 2. The van der Waals surface area contributed by atoms with Crippen LogP contribution >= 0.6 is 0 Å². The topological polar surface area (TPSA) is 40.5 Å². The van der Waals surface area contributed by atoms with E-state index in [-0.39, 0.29) is 5.92 Å². The van der Waals surface area contributed by atoms with E-state index in [1.165, 1.54) is 0 Å². The lowest BCUT2D eigenvalue weighted by molar-refractivity contribution is -0.0115. The van der Waals surface area contributed by atoms with E-state index in [1.807, 2.05) is 20.8 Å². The molecular formula is C10H18O2. The lowest BCUT2D eigenvalue weighted by Gasteiger charge is -2.32. The van der Waals surface area contributed by atoms with Gasteiger partial charge in [-0.15, -0.1) is 0 Å². The Balaban J connectivity index is 2.79. The van der Waals surface area contributed by atoms with Crippen LogP contribution in [-0.2, 0) is 0 Å². The highest BCUT2D eigenvalue weighted by atomic mass is 16.3. The fourth-order valence-electron chi connectivity index (χ4n) is 1.76. The second kappa shape index (κ2) is 3.58. The third-order valence-corrected chi connectivity index (χ3v) is 2.77. The Kier molecular flexibility index (Phi) is 2.91. The lowest BCUT2D eigenvalue weighted by atomic mass is 9.81. The normalized spacial score (nSPS) is 36.8. The van der Waals surface area contributed by atoms with Crippen molar-refractivity contribution in [2.24, 2.45) is 5.92 Å². The van der Waals surface area contributed by atoms with Crippen LogP contribution in [0.1, 0.15) is 33.6 Å². The zero-order valence-corrected chi connectivity index (χ0v) is 8.04. The molecule has 2 heteroatoms. The van der Waals surface area contributed by atoms with E-state index in [4.69, 9.17) is 0 Å². The Bertz CT molecular complexity index is 192. The standard InChI is InChI=1S/C10H18O2/c1-6(2)8-5-4-7(3)9(11)10(8)12/h7,9-12H,4-5H2,1-3H3. The molecule has 1 fully saturated rings. The molecule has 1 rings (SSSR count). The minimum absolute atomic E-state index is 0.225.